The number of fused-ring (bicyclic) bond motifs is 1. The SMILES string of the molecule is CN[C@@H](C)Cc1ccc2oc(F)c(F)c2c1. The zero-order valence-electron chi connectivity index (χ0n) is 9.18. The van der Waals surface area contributed by atoms with Gasteiger partial charge in [0.25, 0.3) is 0 Å². The lowest BCUT2D eigenvalue weighted by molar-refractivity contribution is 0.343. The van der Waals surface area contributed by atoms with E-state index < -0.39 is 11.8 Å². The normalized spacial score (nSPS) is 13.2. The molecule has 1 aromatic carbocycles. The number of hydrogen-bond donors (Lipinski definition) is 1. The molecular formula is C12H13F2NO. The number of likely N-dealkylation sites (N-methyl/N-ethyl adjacent to an activating group) is 1. The van der Waals surface area contributed by atoms with Crippen LogP contribution >= 0.6 is 0 Å². The highest BCUT2D eigenvalue weighted by Crippen LogP contribution is 2.24. The van der Waals surface area contributed by atoms with Crippen LogP contribution in [0.15, 0.2) is 22.6 Å². The molecule has 1 atom stereocenters. The van der Waals surface area contributed by atoms with Crippen molar-refractivity contribution in [1.29, 1.82) is 0 Å². The molecule has 16 heavy (non-hydrogen) atoms. The Balaban J connectivity index is 2.39. The summed E-state index contributed by atoms with van der Waals surface area (Å²) in [6.07, 6.45) is 0.763. The Morgan fingerprint density at radius 3 is 2.81 bits per heavy atom. The zero-order chi connectivity index (χ0) is 11.7. The molecule has 0 radical (unpaired) electrons. The Bertz CT molecular complexity index is 507. The molecule has 0 aliphatic rings. The van der Waals surface area contributed by atoms with Gasteiger partial charge in [0, 0.05) is 6.04 Å². The van der Waals surface area contributed by atoms with Gasteiger partial charge in [0.05, 0.1) is 5.39 Å². The highest BCUT2D eigenvalue weighted by Gasteiger charge is 2.14. The van der Waals surface area contributed by atoms with E-state index in [2.05, 4.69) is 9.73 Å². The van der Waals surface area contributed by atoms with Gasteiger partial charge in [-0.2, -0.15) is 8.78 Å². The van der Waals surface area contributed by atoms with Crippen molar-refractivity contribution >= 4 is 11.0 Å². The van der Waals surface area contributed by atoms with Crippen LogP contribution in [-0.4, -0.2) is 13.1 Å². The van der Waals surface area contributed by atoms with E-state index in [1.165, 1.54) is 0 Å². The third-order valence-corrected chi connectivity index (χ3v) is 2.69. The molecule has 2 nitrogen and oxygen atoms in total. The van der Waals surface area contributed by atoms with Gasteiger partial charge < -0.3 is 9.73 Å². The Kier molecular flexibility index (Phi) is 2.92. The Morgan fingerprint density at radius 2 is 2.12 bits per heavy atom. The van der Waals surface area contributed by atoms with Crippen molar-refractivity contribution in [1.82, 2.24) is 5.32 Å². The zero-order valence-corrected chi connectivity index (χ0v) is 9.18. The van der Waals surface area contributed by atoms with E-state index >= 15 is 0 Å². The maximum atomic E-state index is 13.3. The molecule has 0 saturated heterocycles. The molecule has 1 N–H and O–H groups in total. The first-order chi connectivity index (χ1) is 7.61. The second-order valence-electron chi connectivity index (χ2n) is 3.91. The number of rotatable bonds is 3. The van der Waals surface area contributed by atoms with Crippen molar-refractivity contribution in [3.63, 3.8) is 0 Å². The molecule has 0 unspecified atom stereocenters. The molecule has 0 amide bonds. The maximum absolute atomic E-state index is 13.3. The Hall–Kier alpha value is -1.42. The maximum Gasteiger partial charge on any atom is 0.315 e. The number of furan rings is 1. The summed E-state index contributed by atoms with van der Waals surface area (Å²) in [5.74, 6) is -0.908. The topological polar surface area (TPSA) is 25.2 Å². The van der Waals surface area contributed by atoms with Crippen LogP contribution in [0.4, 0.5) is 8.78 Å². The summed E-state index contributed by atoms with van der Waals surface area (Å²) in [6.45, 7) is 2.02. The average Bonchev–Trinajstić information content (AvgIpc) is 2.55. The molecule has 2 rings (SSSR count). The molecule has 2 aromatic rings. The molecule has 1 aromatic heterocycles. The molecule has 0 saturated carbocycles. The van der Waals surface area contributed by atoms with Crippen LogP contribution in [-0.2, 0) is 6.42 Å². The van der Waals surface area contributed by atoms with Gasteiger partial charge in [-0.05, 0) is 38.1 Å². The first-order valence-corrected chi connectivity index (χ1v) is 5.15. The van der Waals surface area contributed by atoms with E-state index in [0.717, 1.165) is 12.0 Å². The fraction of sp³-hybridized carbons (Fsp3) is 0.333. The summed E-state index contributed by atoms with van der Waals surface area (Å²) in [5, 5.41) is 3.30. The van der Waals surface area contributed by atoms with Crippen LogP contribution in [0.1, 0.15) is 12.5 Å². The van der Waals surface area contributed by atoms with Gasteiger partial charge >= 0.3 is 6.01 Å². The minimum absolute atomic E-state index is 0.207. The monoisotopic (exact) mass is 225 g/mol. The number of halogens is 2. The van der Waals surface area contributed by atoms with E-state index in [0.29, 0.717) is 0 Å². The van der Waals surface area contributed by atoms with Crippen molar-refractivity contribution in [3.8, 4) is 0 Å². The number of hydrogen-bond acceptors (Lipinski definition) is 2. The van der Waals surface area contributed by atoms with Crippen molar-refractivity contribution in [2.24, 2.45) is 0 Å². The first-order valence-electron chi connectivity index (χ1n) is 5.15. The van der Waals surface area contributed by atoms with Gasteiger partial charge in [0.1, 0.15) is 5.58 Å². The molecular weight excluding hydrogens is 212 g/mol. The van der Waals surface area contributed by atoms with E-state index in [9.17, 15) is 8.78 Å². The molecule has 0 aliphatic heterocycles. The quantitative estimate of drug-likeness (QED) is 0.868. The van der Waals surface area contributed by atoms with E-state index in [-0.39, 0.29) is 17.0 Å². The molecule has 0 spiro atoms. The second-order valence-corrected chi connectivity index (χ2v) is 3.91. The van der Waals surface area contributed by atoms with Crippen molar-refractivity contribution in [3.05, 3.63) is 35.6 Å². The predicted molar refractivity (Wildman–Crippen MR) is 58.4 cm³/mol. The molecule has 4 heteroatoms. The summed E-state index contributed by atoms with van der Waals surface area (Å²) in [4.78, 5) is 0. The minimum atomic E-state index is -1.14. The van der Waals surface area contributed by atoms with Gasteiger partial charge in [0.2, 0.25) is 5.82 Å². The summed E-state index contributed by atoms with van der Waals surface area (Å²) in [6, 6.07) is 4.19. The molecule has 0 fully saturated rings. The lowest BCUT2D eigenvalue weighted by atomic mass is 10.1. The molecule has 86 valence electrons. The summed E-state index contributed by atoms with van der Waals surface area (Å²) in [7, 11) is 1.86. The summed E-state index contributed by atoms with van der Waals surface area (Å²) >= 11 is 0. The fourth-order valence-corrected chi connectivity index (χ4v) is 1.67. The van der Waals surface area contributed by atoms with Crippen LogP contribution in [0.25, 0.3) is 11.0 Å². The van der Waals surface area contributed by atoms with Crippen LogP contribution in [0, 0.1) is 11.8 Å². The third-order valence-electron chi connectivity index (χ3n) is 2.69. The second kappa shape index (κ2) is 4.22. The summed E-state index contributed by atoms with van der Waals surface area (Å²) in [5.41, 5.74) is 1.20. The van der Waals surface area contributed by atoms with Gasteiger partial charge in [-0.3, -0.25) is 0 Å². The Labute approximate surface area is 92.2 Å². The van der Waals surface area contributed by atoms with Gasteiger partial charge in [-0.15, -0.1) is 0 Å². The average molecular weight is 225 g/mol. The van der Waals surface area contributed by atoms with Crippen LogP contribution < -0.4 is 5.32 Å². The predicted octanol–water partition coefficient (Wildman–Crippen LogP) is 2.86. The van der Waals surface area contributed by atoms with Crippen molar-refractivity contribution in [2.75, 3.05) is 7.05 Å². The van der Waals surface area contributed by atoms with Crippen LogP contribution in [0.2, 0.25) is 0 Å². The minimum Gasteiger partial charge on any atom is -0.429 e. The highest BCUT2D eigenvalue weighted by molar-refractivity contribution is 5.78. The first kappa shape index (κ1) is 11.1. The number of benzene rings is 1. The molecule has 1 heterocycles. The number of nitrogens with one attached hydrogen (secondary N) is 1. The smallest absolute Gasteiger partial charge is 0.315 e. The molecule has 0 aliphatic carbocycles. The van der Waals surface area contributed by atoms with E-state index in [4.69, 9.17) is 0 Å². The van der Waals surface area contributed by atoms with Gasteiger partial charge in [0.15, 0.2) is 0 Å². The molecule has 0 bridgehead atoms. The largest absolute Gasteiger partial charge is 0.429 e. The van der Waals surface area contributed by atoms with Crippen molar-refractivity contribution in [2.45, 2.75) is 19.4 Å². The Morgan fingerprint density at radius 1 is 1.38 bits per heavy atom. The lowest BCUT2D eigenvalue weighted by Crippen LogP contribution is -2.23. The summed E-state index contributed by atoms with van der Waals surface area (Å²) < 4.78 is 30.7. The van der Waals surface area contributed by atoms with Crippen LogP contribution in [0.3, 0.4) is 0 Å². The lowest BCUT2D eigenvalue weighted by Gasteiger charge is -2.09. The standard InChI is InChI=1S/C12H13F2NO/c1-7(15-2)5-8-3-4-10-9(6-8)11(13)12(14)16-10/h3-4,6-7,15H,5H2,1-2H3/t7-/m0/s1. The van der Waals surface area contributed by atoms with Gasteiger partial charge in [-0.25, -0.2) is 0 Å². The fourth-order valence-electron chi connectivity index (χ4n) is 1.67. The van der Waals surface area contributed by atoms with Crippen LogP contribution in [0.5, 0.6) is 0 Å². The van der Waals surface area contributed by atoms with E-state index in [1.54, 1.807) is 12.1 Å². The van der Waals surface area contributed by atoms with Gasteiger partial charge in [-0.1, -0.05) is 6.07 Å². The van der Waals surface area contributed by atoms with Crippen molar-refractivity contribution < 1.29 is 13.2 Å². The highest BCUT2D eigenvalue weighted by atomic mass is 19.2. The van der Waals surface area contributed by atoms with E-state index in [1.807, 2.05) is 20.0 Å². The third kappa shape index (κ3) is 1.93.